The highest BCUT2D eigenvalue weighted by molar-refractivity contribution is 5.75. The van der Waals surface area contributed by atoms with E-state index in [0.29, 0.717) is 19.4 Å². The van der Waals surface area contributed by atoms with Crippen LogP contribution >= 0.6 is 0 Å². The van der Waals surface area contributed by atoms with Crippen LogP contribution in [-0.4, -0.2) is 24.6 Å². The molecular weight excluding hydrogens is 224 g/mol. The third-order valence-corrected chi connectivity index (χ3v) is 1.89. The third-order valence-electron chi connectivity index (χ3n) is 1.89. The zero-order chi connectivity index (χ0) is 13.1. The van der Waals surface area contributed by atoms with Gasteiger partial charge in [-0.05, 0) is 19.8 Å². The van der Waals surface area contributed by atoms with E-state index in [0.717, 1.165) is 12.5 Å². The van der Waals surface area contributed by atoms with Crippen molar-refractivity contribution >= 4 is 11.9 Å². The zero-order valence-electron chi connectivity index (χ0n) is 10.0. The number of hydrogen-bond acceptors (Lipinski definition) is 5. The van der Waals surface area contributed by atoms with Crippen LogP contribution in [0.2, 0.25) is 0 Å². The molecule has 0 aromatic heterocycles. The Morgan fingerprint density at radius 2 is 1.88 bits per heavy atom. The fraction of sp³-hybridized carbons (Fsp3) is 0.500. The highest BCUT2D eigenvalue weighted by Gasteiger charge is 2.19. The van der Waals surface area contributed by atoms with Crippen LogP contribution in [0.4, 0.5) is 0 Å². The van der Waals surface area contributed by atoms with Gasteiger partial charge < -0.3 is 14.2 Å². The first-order valence-electron chi connectivity index (χ1n) is 5.39. The second kappa shape index (κ2) is 9.59. The normalized spacial score (nSPS) is 11.4. The summed E-state index contributed by atoms with van der Waals surface area (Å²) in [5.41, 5.74) is 0. The van der Waals surface area contributed by atoms with Gasteiger partial charge in [-0.25, -0.2) is 4.79 Å². The lowest BCUT2D eigenvalue weighted by atomic mass is 10.1. The molecule has 0 aliphatic heterocycles. The van der Waals surface area contributed by atoms with E-state index in [9.17, 15) is 9.59 Å². The Balaban J connectivity index is 3.99. The summed E-state index contributed by atoms with van der Waals surface area (Å²) < 4.78 is 14.4. The first kappa shape index (κ1) is 15.4. The molecule has 0 N–H and O–H groups in total. The van der Waals surface area contributed by atoms with E-state index in [2.05, 4.69) is 22.6 Å². The molecule has 0 saturated carbocycles. The fourth-order valence-corrected chi connectivity index (χ4v) is 1.21. The number of rotatable bonds is 9. The average molecular weight is 242 g/mol. The molecule has 0 aromatic rings. The maximum atomic E-state index is 11.4. The Bertz CT molecular complexity index is 272. The van der Waals surface area contributed by atoms with Crippen molar-refractivity contribution < 1.29 is 23.8 Å². The Hall–Kier alpha value is -1.62. The third kappa shape index (κ3) is 7.30. The molecule has 1 atom stereocenters. The van der Waals surface area contributed by atoms with Gasteiger partial charge in [0, 0.05) is 13.0 Å². The zero-order valence-corrected chi connectivity index (χ0v) is 10.0. The summed E-state index contributed by atoms with van der Waals surface area (Å²) in [7, 11) is 0. The van der Waals surface area contributed by atoms with E-state index in [1.165, 1.54) is 0 Å². The maximum absolute atomic E-state index is 11.4. The number of hydrogen-bond donors (Lipinski definition) is 0. The highest BCUT2D eigenvalue weighted by atomic mass is 16.6. The van der Waals surface area contributed by atoms with E-state index in [4.69, 9.17) is 4.74 Å². The molecule has 5 nitrogen and oxygen atoms in total. The van der Waals surface area contributed by atoms with Crippen LogP contribution in [0.1, 0.15) is 26.2 Å². The van der Waals surface area contributed by atoms with Gasteiger partial charge in [-0.1, -0.05) is 13.2 Å². The maximum Gasteiger partial charge on any atom is 0.340 e. The summed E-state index contributed by atoms with van der Waals surface area (Å²) in [6.07, 6.45) is 2.54. The Morgan fingerprint density at radius 3 is 2.41 bits per heavy atom. The van der Waals surface area contributed by atoms with Gasteiger partial charge in [-0.2, -0.15) is 0 Å². The van der Waals surface area contributed by atoms with Gasteiger partial charge in [-0.3, -0.25) is 4.79 Å². The van der Waals surface area contributed by atoms with Crippen LogP contribution in [0.15, 0.2) is 25.7 Å². The second-order valence-corrected chi connectivity index (χ2v) is 3.10. The number of carbonyl (C=O) groups excluding carboxylic acids is 2. The number of esters is 2. The molecular formula is C12H18O5. The molecule has 0 spiro atoms. The summed E-state index contributed by atoms with van der Waals surface area (Å²) in [4.78, 5) is 22.4. The van der Waals surface area contributed by atoms with Gasteiger partial charge in [0.1, 0.15) is 0 Å². The molecule has 0 heterocycles. The Labute approximate surface area is 101 Å². The summed E-state index contributed by atoms with van der Waals surface area (Å²) >= 11 is 0. The van der Waals surface area contributed by atoms with E-state index >= 15 is 0 Å². The smallest absolute Gasteiger partial charge is 0.340 e. The molecule has 96 valence electrons. The van der Waals surface area contributed by atoms with Crippen molar-refractivity contribution in [3.05, 3.63) is 25.7 Å². The molecule has 0 amide bonds. The number of carbonyl (C=O) groups is 2. The van der Waals surface area contributed by atoms with Crippen molar-refractivity contribution in [3.8, 4) is 0 Å². The molecule has 0 aromatic carbocycles. The summed E-state index contributed by atoms with van der Waals surface area (Å²) in [6.45, 7) is 8.74. The molecule has 5 heteroatoms. The van der Waals surface area contributed by atoms with Gasteiger partial charge in [0.2, 0.25) is 0 Å². The molecule has 0 radical (unpaired) electrons. The van der Waals surface area contributed by atoms with Gasteiger partial charge >= 0.3 is 11.9 Å². The van der Waals surface area contributed by atoms with Crippen molar-refractivity contribution in [2.45, 2.75) is 32.3 Å². The van der Waals surface area contributed by atoms with E-state index in [1.54, 1.807) is 6.92 Å². The van der Waals surface area contributed by atoms with Crippen LogP contribution < -0.4 is 0 Å². The topological polar surface area (TPSA) is 61.8 Å². The summed E-state index contributed by atoms with van der Waals surface area (Å²) in [5, 5.41) is 0. The predicted octanol–water partition coefficient (Wildman–Crippen LogP) is 1.94. The second-order valence-electron chi connectivity index (χ2n) is 3.10. The first-order chi connectivity index (χ1) is 8.15. The van der Waals surface area contributed by atoms with Crippen LogP contribution in [-0.2, 0) is 23.8 Å². The van der Waals surface area contributed by atoms with Crippen LogP contribution in [0, 0.1) is 0 Å². The molecule has 0 aliphatic rings. The van der Waals surface area contributed by atoms with Crippen LogP contribution in [0.25, 0.3) is 0 Å². The Kier molecular flexibility index (Phi) is 8.68. The lowest BCUT2D eigenvalue weighted by Crippen LogP contribution is -2.25. The molecule has 0 aliphatic carbocycles. The first-order valence-corrected chi connectivity index (χ1v) is 5.39. The van der Waals surface area contributed by atoms with Crippen molar-refractivity contribution in [1.29, 1.82) is 0 Å². The minimum Gasteiger partial charge on any atom is -0.435 e. The lowest BCUT2D eigenvalue weighted by Gasteiger charge is -2.13. The van der Waals surface area contributed by atoms with Crippen molar-refractivity contribution in [2.24, 2.45) is 0 Å². The van der Waals surface area contributed by atoms with Gasteiger partial charge in [0.25, 0.3) is 0 Å². The summed E-state index contributed by atoms with van der Waals surface area (Å²) in [6, 6.07) is 0. The van der Waals surface area contributed by atoms with Crippen molar-refractivity contribution in [2.75, 3.05) is 6.61 Å². The summed E-state index contributed by atoms with van der Waals surface area (Å²) in [5.74, 6) is -0.883. The molecule has 1 unspecified atom stereocenters. The monoisotopic (exact) mass is 242 g/mol. The van der Waals surface area contributed by atoms with Crippen LogP contribution in [0.5, 0.6) is 0 Å². The standard InChI is InChI=1S/C12H18O5/c1-4-15-10(12(14)17-6-3)8-7-9-11(13)16-5-2/h5-6,10H,2-4,7-9H2,1H3. The van der Waals surface area contributed by atoms with Crippen molar-refractivity contribution in [3.63, 3.8) is 0 Å². The SMILES string of the molecule is C=COC(=O)CCCC(OCC)C(=O)OC=C. The quantitative estimate of drug-likeness (QED) is 0.456. The fourth-order valence-electron chi connectivity index (χ4n) is 1.21. The van der Waals surface area contributed by atoms with Crippen LogP contribution in [0.3, 0.4) is 0 Å². The predicted molar refractivity (Wildman–Crippen MR) is 61.8 cm³/mol. The molecule has 0 fully saturated rings. The molecule has 0 rings (SSSR count). The minimum absolute atomic E-state index is 0.205. The van der Waals surface area contributed by atoms with E-state index in [1.807, 2.05) is 0 Å². The average Bonchev–Trinajstić information content (AvgIpc) is 2.28. The van der Waals surface area contributed by atoms with E-state index < -0.39 is 12.1 Å². The number of ether oxygens (including phenoxy) is 3. The van der Waals surface area contributed by atoms with Gasteiger partial charge in [0.05, 0.1) is 12.5 Å². The minimum atomic E-state index is -0.672. The molecule has 0 saturated heterocycles. The Morgan fingerprint density at radius 1 is 1.24 bits per heavy atom. The lowest BCUT2D eigenvalue weighted by molar-refractivity contribution is -0.152. The van der Waals surface area contributed by atoms with Gasteiger partial charge in [-0.15, -0.1) is 0 Å². The van der Waals surface area contributed by atoms with E-state index in [-0.39, 0.29) is 12.4 Å². The highest BCUT2D eigenvalue weighted by Crippen LogP contribution is 2.08. The van der Waals surface area contributed by atoms with Gasteiger partial charge in [0.15, 0.2) is 6.10 Å². The molecule has 17 heavy (non-hydrogen) atoms. The molecule has 0 bridgehead atoms. The largest absolute Gasteiger partial charge is 0.435 e. The van der Waals surface area contributed by atoms with Crippen molar-refractivity contribution in [1.82, 2.24) is 0 Å².